The molecule has 0 bridgehead atoms. The molecule has 0 atom stereocenters. The monoisotopic (exact) mass is 199 g/mol. The second-order valence-corrected chi connectivity index (χ2v) is 3.55. The maximum atomic E-state index is 10.9. The molecule has 72 valence electrons. The Bertz CT molecular complexity index is 285. The molecule has 0 aromatic carbocycles. The molecular formula is C8H13N3OS. The van der Waals surface area contributed by atoms with Crippen molar-refractivity contribution in [2.24, 2.45) is 5.73 Å². The van der Waals surface area contributed by atoms with E-state index in [4.69, 9.17) is 5.73 Å². The van der Waals surface area contributed by atoms with Crippen LogP contribution in [0.3, 0.4) is 0 Å². The van der Waals surface area contributed by atoms with E-state index in [1.807, 2.05) is 5.38 Å². The van der Waals surface area contributed by atoms with Crippen LogP contribution in [0, 0.1) is 0 Å². The summed E-state index contributed by atoms with van der Waals surface area (Å²) < 4.78 is 0. The van der Waals surface area contributed by atoms with Crippen molar-refractivity contribution < 1.29 is 4.79 Å². The fourth-order valence-electron chi connectivity index (χ4n) is 0.924. The molecule has 0 spiro atoms. The van der Waals surface area contributed by atoms with Gasteiger partial charge in [-0.25, -0.2) is 4.98 Å². The van der Waals surface area contributed by atoms with Gasteiger partial charge in [0.05, 0.1) is 5.69 Å². The Labute approximate surface area is 81.2 Å². The predicted molar refractivity (Wildman–Crippen MR) is 52.4 cm³/mol. The molecule has 1 aromatic heterocycles. The van der Waals surface area contributed by atoms with Gasteiger partial charge in [0.1, 0.15) is 5.01 Å². The SMILES string of the molecule is CNC(=O)CCc1csc(CN)n1. The Balaban J connectivity index is 2.41. The number of aryl methyl sites for hydroxylation is 1. The first-order chi connectivity index (χ1) is 6.26. The number of carbonyl (C=O) groups is 1. The number of amides is 1. The third-order valence-electron chi connectivity index (χ3n) is 1.66. The number of aromatic nitrogens is 1. The molecule has 13 heavy (non-hydrogen) atoms. The van der Waals surface area contributed by atoms with Crippen LogP contribution in [-0.4, -0.2) is 17.9 Å². The molecule has 0 aliphatic carbocycles. The maximum absolute atomic E-state index is 10.9. The molecule has 0 saturated heterocycles. The lowest BCUT2D eigenvalue weighted by atomic mass is 10.2. The highest BCUT2D eigenvalue weighted by atomic mass is 32.1. The van der Waals surface area contributed by atoms with Crippen LogP contribution in [0.4, 0.5) is 0 Å². The molecule has 0 aliphatic rings. The highest BCUT2D eigenvalue weighted by Crippen LogP contribution is 2.10. The summed E-state index contributed by atoms with van der Waals surface area (Å²) in [4.78, 5) is 15.1. The first-order valence-electron chi connectivity index (χ1n) is 4.10. The van der Waals surface area contributed by atoms with Crippen LogP contribution in [0.5, 0.6) is 0 Å². The second kappa shape index (κ2) is 4.94. The number of nitrogens with zero attached hydrogens (tertiary/aromatic N) is 1. The molecule has 0 aliphatic heterocycles. The molecule has 5 heteroatoms. The van der Waals surface area contributed by atoms with Gasteiger partial charge in [-0.1, -0.05) is 0 Å². The molecule has 1 heterocycles. The first kappa shape index (κ1) is 10.1. The Morgan fingerprint density at radius 1 is 1.77 bits per heavy atom. The Morgan fingerprint density at radius 2 is 2.54 bits per heavy atom. The van der Waals surface area contributed by atoms with E-state index in [0.29, 0.717) is 19.4 Å². The van der Waals surface area contributed by atoms with Gasteiger partial charge in [-0.2, -0.15) is 0 Å². The van der Waals surface area contributed by atoms with Gasteiger partial charge in [-0.3, -0.25) is 4.79 Å². The van der Waals surface area contributed by atoms with Gasteiger partial charge < -0.3 is 11.1 Å². The third-order valence-corrected chi connectivity index (χ3v) is 2.58. The van der Waals surface area contributed by atoms with Crippen molar-refractivity contribution >= 4 is 17.2 Å². The van der Waals surface area contributed by atoms with Crippen molar-refractivity contribution in [3.05, 3.63) is 16.1 Å². The van der Waals surface area contributed by atoms with E-state index in [1.165, 1.54) is 0 Å². The minimum Gasteiger partial charge on any atom is -0.359 e. The third kappa shape index (κ3) is 3.12. The van der Waals surface area contributed by atoms with Gasteiger partial charge in [0.2, 0.25) is 5.91 Å². The van der Waals surface area contributed by atoms with E-state index in [0.717, 1.165) is 10.7 Å². The lowest BCUT2D eigenvalue weighted by Gasteiger charge is -1.95. The molecule has 0 unspecified atom stereocenters. The Hall–Kier alpha value is -0.940. The van der Waals surface area contributed by atoms with Crippen LogP contribution >= 0.6 is 11.3 Å². The summed E-state index contributed by atoms with van der Waals surface area (Å²) in [5.74, 6) is 0.0438. The molecule has 0 fully saturated rings. The van der Waals surface area contributed by atoms with Gasteiger partial charge in [0.25, 0.3) is 0 Å². The zero-order chi connectivity index (χ0) is 9.68. The fraction of sp³-hybridized carbons (Fsp3) is 0.500. The summed E-state index contributed by atoms with van der Waals surface area (Å²) in [6.07, 6.45) is 1.18. The molecule has 0 saturated carbocycles. The van der Waals surface area contributed by atoms with Crippen molar-refractivity contribution in [3.8, 4) is 0 Å². The van der Waals surface area contributed by atoms with E-state index in [1.54, 1.807) is 18.4 Å². The lowest BCUT2D eigenvalue weighted by molar-refractivity contribution is -0.120. The normalized spacial score (nSPS) is 10.0. The number of thiazole rings is 1. The van der Waals surface area contributed by atoms with E-state index in [2.05, 4.69) is 10.3 Å². The van der Waals surface area contributed by atoms with Crippen LogP contribution in [0.15, 0.2) is 5.38 Å². The van der Waals surface area contributed by atoms with E-state index >= 15 is 0 Å². The minimum absolute atomic E-state index is 0.0438. The van der Waals surface area contributed by atoms with E-state index < -0.39 is 0 Å². The van der Waals surface area contributed by atoms with Gasteiger partial charge in [-0.05, 0) is 6.42 Å². The Morgan fingerprint density at radius 3 is 3.08 bits per heavy atom. The zero-order valence-electron chi connectivity index (χ0n) is 7.54. The van der Waals surface area contributed by atoms with Crippen molar-refractivity contribution in [1.82, 2.24) is 10.3 Å². The average Bonchev–Trinajstić information content (AvgIpc) is 2.61. The van der Waals surface area contributed by atoms with Gasteiger partial charge in [-0.15, -0.1) is 11.3 Å². The summed E-state index contributed by atoms with van der Waals surface area (Å²) in [5.41, 5.74) is 6.37. The molecule has 0 radical (unpaired) electrons. The molecule has 1 rings (SSSR count). The largest absolute Gasteiger partial charge is 0.359 e. The summed E-state index contributed by atoms with van der Waals surface area (Å²) in [7, 11) is 1.63. The van der Waals surface area contributed by atoms with Crippen molar-refractivity contribution in [2.45, 2.75) is 19.4 Å². The molecule has 1 amide bonds. The van der Waals surface area contributed by atoms with Crippen LogP contribution in [-0.2, 0) is 17.8 Å². The summed E-state index contributed by atoms with van der Waals surface area (Å²) >= 11 is 1.54. The number of rotatable bonds is 4. The molecule has 1 aromatic rings. The standard InChI is InChI=1S/C8H13N3OS/c1-10-7(12)3-2-6-5-13-8(4-9)11-6/h5H,2-4,9H2,1H3,(H,10,12). The van der Waals surface area contributed by atoms with Crippen LogP contribution < -0.4 is 11.1 Å². The topological polar surface area (TPSA) is 68.0 Å². The van der Waals surface area contributed by atoms with Gasteiger partial charge in [0.15, 0.2) is 0 Å². The highest BCUT2D eigenvalue weighted by molar-refractivity contribution is 7.09. The molecule has 4 nitrogen and oxygen atoms in total. The average molecular weight is 199 g/mol. The summed E-state index contributed by atoms with van der Waals surface area (Å²) in [5, 5.41) is 5.44. The van der Waals surface area contributed by atoms with E-state index in [9.17, 15) is 4.79 Å². The zero-order valence-corrected chi connectivity index (χ0v) is 8.36. The van der Waals surface area contributed by atoms with Crippen molar-refractivity contribution in [1.29, 1.82) is 0 Å². The highest BCUT2D eigenvalue weighted by Gasteiger charge is 2.03. The quantitative estimate of drug-likeness (QED) is 0.732. The number of nitrogens with two attached hydrogens (primary N) is 1. The van der Waals surface area contributed by atoms with Crippen LogP contribution in [0.25, 0.3) is 0 Å². The van der Waals surface area contributed by atoms with Crippen molar-refractivity contribution in [2.75, 3.05) is 7.05 Å². The first-order valence-corrected chi connectivity index (χ1v) is 4.98. The fourth-order valence-corrected chi connectivity index (χ4v) is 1.63. The maximum Gasteiger partial charge on any atom is 0.220 e. The van der Waals surface area contributed by atoms with Crippen LogP contribution in [0.1, 0.15) is 17.1 Å². The second-order valence-electron chi connectivity index (χ2n) is 2.61. The summed E-state index contributed by atoms with van der Waals surface area (Å²) in [6.45, 7) is 0.477. The van der Waals surface area contributed by atoms with E-state index in [-0.39, 0.29) is 5.91 Å². The summed E-state index contributed by atoms with van der Waals surface area (Å²) in [6, 6.07) is 0. The minimum atomic E-state index is 0.0438. The Kier molecular flexibility index (Phi) is 3.85. The number of hydrogen-bond donors (Lipinski definition) is 2. The smallest absolute Gasteiger partial charge is 0.220 e. The number of carbonyl (C=O) groups excluding carboxylic acids is 1. The molecule has 3 N–H and O–H groups in total. The van der Waals surface area contributed by atoms with Gasteiger partial charge >= 0.3 is 0 Å². The van der Waals surface area contributed by atoms with Crippen LogP contribution in [0.2, 0.25) is 0 Å². The van der Waals surface area contributed by atoms with Crippen molar-refractivity contribution in [3.63, 3.8) is 0 Å². The predicted octanol–water partition coefficient (Wildman–Crippen LogP) is 0.280. The lowest BCUT2D eigenvalue weighted by Crippen LogP contribution is -2.17. The number of hydrogen-bond acceptors (Lipinski definition) is 4. The van der Waals surface area contributed by atoms with Gasteiger partial charge in [0, 0.05) is 25.4 Å². The molecular weight excluding hydrogens is 186 g/mol. The number of nitrogens with one attached hydrogen (secondary N) is 1.